The Hall–Kier alpha value is -5.70. The van der Waals surface area contributed by atoms with Crippen LogP contribution >= 0.6 is 0 Å². The molecule has 1 fully saturated rings. The van der Waals surface area contributed by atoms with Crippen LogP contribution in [0.15, 0.2) is 60.8 Å². The molecular formula is C43H58N10O5. The molecule has 58 heavy (non-hydrogen) atoms. The minimum absolute atomic E-state index is 0.169. The number of carbonyl (C=O) groups is 4. The maximum Gasteiger partial charge on any atom is 0.407 e. The van der Waals surface area contributed by atoms with E-state index in [4.69, 9.17) is 4.74 Å². The van der Waals surface area contributed by atoms with Gasteiger partial charge in [-0.1, -0.05) is 38.1 Å². The molecular weight excluding hydrogens is 737 g/mol. The number of anilines is 1. The number of nitrogens with zero attached hydrogens (tertiary/aromatic N) is 5. The van der Waals surface area contributed by atoms with Crippen LogP contribution in [0.25, 0.3) is 22.5 Å². The number of alkyl carbamates (subject to hydrolysis) is 1. The van der Waals surface area contributed by atoms with Crippen molar-refractivity contribution in [1.82, 2.24) is 46.5 Å². The van der Waals surface area contributed by atoms with Gasteiger partial charge in [0.05, 0.1) is 0 Å². The highest BCUT2D eigenvalue weighted by Crippen LogP contribution is 2.29. The molecule has 0 radical (unpaired) electrons. The van der Waals surface area contributed by atoms with E-state index in [1.807, 2.05) is 52.0 Å². The number of aromatic amines is 1. The predicted octanol–water partition coefficient (Wildman–Crippen LogP) is 5.70. The molecule has 310 valence electrons. The van der Waals surface area contributed by atoms with Crippen molar-refractivity contribution in [1.29, 1.82) is 0 Å². The smallest absolute Gasteiger partial charge is 0.407 e. The number of aromatic nitrogens is 5. The van der Waals surface area contributed by atoms with Gasteiger partial charge in [-0.2, -0.15) is 5.21 Å². The molecule has 5 N–H and O–H groups in total. The van der Waals surface area contributed by atoms with Crippen LogP contribution < -0.4 is 21.3 Å². The summed E-state index contributed by atoms with van der Waals surface area (Å²) in [7, 11) is 0. The van der Waals surface area contributed by atoms with Crippen LogP contribution in [0.5, 0.6) is 0 Å². The van der Waals surface area contributed by atoms with Gasteiger partial charge in [0, 0.05) is 48.4 Å². The Kier molecular flexibility index (Phi) is 15.5. The molecule has 2 heterocycles. The molecule has 4 amide bonds. The van der Waals surface area contributed by atoms with Crippen LogP contribution in [-0.2, 0) is 20.7 Å². The summed E-state index contributed by atoms with van der Waals surface area (Å²) in [4.78, 5) is 59.3. The van der Waals surface area contributed by atoms with Gasteiger partial charge >= 0.3 is 6.09 Å². The van der Waals surface area contributed by atoms with E-state index in [9.17, 15) is 19.2 Å². The molecule has 15 nitrogen and oxygen atoms in total. The molecule has 1 aliphatic rings. The third-order valence-corrected chi connectivity index (χ3v) is 10.4. The quantitative estimate of drug-likeness (QED) is 0.0828. The summed E-state index contributed by atoms with van der Waals surface area (Å²) in [6.07, 6.45) is 5.26. The number of pyridine rings is 1. The molecule has 1 atom stereocenters. The van der Waals surface area contributed by atoms with Crippen LogP contribution in [-0.4, -0.2) is 98.7 Å². The van der Waals surface area contributed by atoms with Gasteiger partial charge in [-0.3, -0.25) is 19.4 Å². The Balaban J connectivity index is 1.22. The third-order valence-electron chi connectivity index (χ3n) is 10.4. The van der Waals surface area contributed by atoms with Crippen molar-refractivity contribution in [2.45, 2.75) is 91.7 Å². The summed E-state index contributed by atoms with van der Waals surface area (Å²) in [6.45, 7) is 15.7. The first-order valence-corrected chi connectivity index (χ1v) is 20.3. The summed E-state index contributed by atoms with van der Waals surface area (Å²) in [5.74, 6) is -0.283. The van der Waals surface area contributed by atoms with Gasteiger partial charge in [-0.15, -0.1) is 10.2 Å². The van der Waals surface area contributed by atoms with Gasteiger partial charge < -0.3 is 30.9 Å². The molecule has 0 unspecified atom stereocenters. The normalized spacial score (nSPS) is 16.0. The SMILES string of the molecule is CCN(CC)CCCNC(=O)c1cc(C)c(-c2ccc(C[C@H](NC(=O)C3CCC(CNC(=O)OC(C)(C)C)CC3)C(=O)Nc3ccc(-c4nn[nH]n4)cc3)cc2)cn1. The molecule has 15 heteroatoms. The van der Waals surface area contributed by atoms with Crippen molar-refractivity contribution < 1.29 is 23.9 Å². The van der Waals surface area contributed by atoms with E-state index in [1.54, 1.807) is 36.5 Å². The lowest BCUT2D eigenvalue weighted by molar-refractivity contribution is -0.130. The van der Waals surface area contributed by atoms with Crippen LogP contribution in [0.1, 0.15) is 88.3 Å². The highest BCUT2D eigenvalue weighted by atomic mass is 16.6. The number of rotatable bonds is 17. The Morgan fingerprint density at radius 2 is 1.62 bits per heavy atom. The zero-order valence-electron chi connectivity index (χ0n) is 34.6. The molecule has 2 aromatic carbocycles. The minimum Gasteiger partial charge on any atom is -0.444 e. The number of nitrogens with one attached hydrogen (secondary N) is 5. The highest BCUT2D eigenvalue weighted by Gasteiger charge is 2.30. The molecule has 1 aliphatic carbocycles. The molecule has 0 saturated heterocycles. The zero-order valence-corrected chi connectivity index (χ0v) is 34.6. The minimum atomic E-state index is -0.852. The second kappa shape index (κ2) is 20.6. The molecule has 1 saturated carbocycles. The Labute approximate surface area is 340 Å². The fourth-order valence-corrected chi connectivity index (χ4v) is 7.06. The maximum atomic E-state index is 13.8. The monoisotopic (exact) mass is 794 g/mol. The number of tetrazole rings is 1. The van der Waals surface area contributed by atoms with Crippen molar-refractivity contribution in [2.24, 2.45) is 11.8 Å². The van der Waals surface area contributed by atoms with Crippen molar-refractivity contribution in [3.8, 4) is 22.5 Å². The van der Waals surface area contributed by atoms with Crippen LogP contribution in [0, 0.1) is 18.8 Å². The molecule has 4 aromatic rings. The number of carbonyl (C=O) groups excluding carboxylic acids is 4. The fourth-order valence-electron chi connectivity index (χ4n) is 7.06. The van der Waals surface area contributed by atoms with Crippen LogP contribution in [0.3, 0.4) is 0 Å². The van der Waals surface area contributed by atoms with E-state index in [0.717, 1.165) is 66.7 Å². The highest BCUT2D eigenvalue weighted by molar-refractivity contribution is 5.98. The Bertz CT molecular complexity index is 1950. The first-order chi connectivity index (χ1) is 27.8. The Morgan fingerprint density at radius 1 is 0.931 bits per heavy atom. The number of hydrogen-bond acceptors (Lipinski definition) is 10. The van der Waals surface area contributed by atoms with Gasteiger partial charge in [0.2, 0.25) is 17.6 Å². The van der Waals surface area contributed by atoms with Gasteiger partial charge in [-0.05, 0) is 138 Å². The Morgan fingerprint density at radius 3 is 2.24 bits per heavy atom. The van der Waals surface area contributed by atoms with Gasteiger partial charge in [0.25, 0.3) is 5.91 Å². The zero-order chi connectivity index (χ0) is 41.7. The number of benzene rings is 2. The third kappa shape index (κ3) is 12.9. The average molecular weight is 795 g/mol. The summed E-state index contributed by atoms with van der Waals surface area (Å²) in [5, 5.41) is 25.9. The maximum absolute atomic E-state index is 13.8. The first-order valence-electron chi connectivity index (χ1n) is 20.3. The number of ether oxygens (including phenoxy) is 1. The number of amides is 4. The number of aryl methyl sites for hydroxylation is 1. The molecule has 0 aliphatic heterocycles. The topological polar surface area (TPSA) is 196 Å². The van der Waals surface area contributed by atoms with Gasteiger partial charge in [0.15, 0.2) is 0 Å². The lowest BCUT2D eigenvalue weighted by Gasteiger charge is -2.29. The van der Waals surface area contributed by atoms with E-state index >= 15 is 0 Å². The van der Waals surface area contributed by atoms with E-state index in [-0.39, 0.29) is 36.0 Å². The van der Waals surface area contributed by atoms with Gasteiger partial charge in [-0.25, -0.2) is 4.79 Å². The van der Waals surface area contributed by atoms with E-state index in [1.165, 1.54) is 0 Å². The standard InChI is InChI=1S/C43H58N10O5/c1-7-53(8-2)23-9-22-44-40(55)36-24-28(3)35(27-45-36)31-14-10-29(11-15-31)25-37(41(56)47-34-20-18-32(19-21-34)38-49-51-52-50-38)48-39(54)33-16-12-30(13-17-33)26-46-42(57)58-43(4,5)6/h10-11,14-15,18-21,24,27,30,33,37H,7-9,12-13,16-17,22-23,25-26H2,1-6H3,(H,44,55)(H,46,57)(H,47,56)(H,48,54)(H,49,50,51,52)/t30?,33?,37-/m0/s1. The molecule has 0 spiro atoms. The average Bonchev–Trinajstić information content (AvgIpc) is 3.75. The molecule has 0 bridgehead atoms. The van der Waals surface area contributed by atoms with Crippen LogP contribution in [0.2, 0.25) is 0 Å². The van der Waals surface area contributed by atoms with E-state index in [0.29, 0.717) is 43.1 Å². The summed E-state index contributed by atoms with van der Waals surface area (Å²) in [6, 6.07) is 15.8. The summed E-state index contributed by atoms with van der Waals surface area (Å²) >= 11 is 0. The second-order valence-electron chi connectivity index (χ2n) is 15.9. The van der Waals surface area contributed by atoms with Crippen molar-refractivity contribution >= 4 is 29.5 Å². The van der Waals surface area contributed by atoms with E-state index < -0.39 is 17.7 Å². The molecule has 2 aromatic heterocycles. The lowest BCUT2D eigenvalue weighted by atomic mass is 9.81. The first kappa shape index (κ1) is 43.4. The number of hydrogen-bond donors (Lipinski definition) is 5. The largest absolute Gasteiger partial charge is 0.444 e. The number of H-pyrrole nitrogens is 1. The summed E-state index contributed by atoms with van der Waals surface area (Å²) in [5.41, 5.74) is 4.69. The fraction of sp³-hybridized carbons (Fsp3) is 0.488. The lowest BCUT2D eigenvalue weighted by Crippen LogP contribution is -2.48. The van der Waals surface area contributed by atoms with E-state index in [2.05, 4.69) is 65.6 Å². The summed E-state index contributed by atoms with van der Waals surface area (Å²) < 4.78 is 5.36. The van der Waals surface area contributed by atoms with Crippen LogP contribution in [0.4, 0.5) is 10.5 Å². The van der Waals surface area contributed by atoms with Crippen molar-refractivity contribution in [2.75, 3.05) is 38.0 Å². The van der Waals surface area contributed by atoms with Crippen molar-refractivity contribution in [3.05, 3.63) is 77.6 Å². The van der Waals surface area contributed by atoms with Crippen molar-refractivity contribution in [3.63, 3.8) is 0 Å². The predicted molar refractivity (Wildman–Crippen MR) is 223 cm³/mol. The van der Waals surface area contributed by atoms with Gasteiger partial charge in [0.1, 0.15) is 17.3 Å². The second-order valence-corrected chi connectivity index (χ2v) is 15.9. The molecule has 5 rings (SSSR count).